The number of hydrogen-bond acceptors (Lipinski definition) is 6. The summed E-state index contributed by atoms with van der Waals surface area (Å²) in [7, 11) is 1.33. The first-order valence-corrected chi connectivity index (χ1v) is 9.50. The number of para-hydroxylation sites is 2. The zero-order chi connectivity index (χ0) is 20.2. The van der Waals surface area contributed by atoms with Crippen LogP contribution in [0.2, 0.25) is 0 Å². The van der Waals surface area contributed by atoms with Crippen molar-refractivity contribution in [3.8, 4) is 5.88 Å². The first-order valence-electron chi connectivity index (χ1n) is 9.50. The summed E-state index contributed by atoms with van der Waals surface area (Å²) in [4.78, 5) is 34.9. The van der Waals surface area contributed by atoms with E-state index in [9.17, 15) is 9.59 Å². The molecule has 1 aliphatic heterocycles. The van der Waals surface area contributed by atoms with Gasteiger partial charge in [0.1, 0.15) is 6.10 Å². The minimum absolute atomic E-state index is 0.00351. The van der Waals surface area contributed by atoms with Gasteiger partial charge in [-0.2, -0.15) is 0 Å². The predicted molar refractivity (Wildman–Crippen MR) is 107 cm³/mol. The summed E-state index contributed by atoms with van der Waals surface area (Å²) in [6.45, 7) is 1.20. The number of hydrogen-bond donors (Lipinski definition) is 0. The molecule has 1 aliphatic rings. The summed E-state index contributed by atoms with van der Waals surface area (Å²) >= 11 is 0. The average Bonchev–Trinajstić information content (AvgIpc) is 2.78. The lowest BCUT2D eigenvalue weighted by atomic mass is 10.1. The molecule has 29 heavy (non-hydrogen) atoms. The van der Waals surface area contributed by atoms with E-state index in [0.29, 0.717) is 30.1 Å². The molecule has 1 saturated heterocycles. The Balaban J connectivity index is 1.34. The van der Waals surface area contributed by atoms with E-state index in [1.165, 1.54) is 7.11 Å². The molecule has 0 bridgehead atoms. The molecular weight excluding hydrogens is 370 g/mol. The van der Waals surface area contributed by atoms with Crippen LogP contribution in [-0.2, 0) is 4.74 Å². The number of likely N-dealkylation sites (tertiary alicyclic amines) is 1. The lowest BCUT2D eigenvalue weighted by Gasteiger charge is -2.32. The molecule has 0 N–H and O–H groups in total. The minimum atomic E-state index is -0.418. The highest BCUT2D eigenvalue weighted by atomic mass is 16.5. The van der Waals surface area contributed by atoms with Crippen molar-refractivity contribution in [1.82, 2.24) is 14.9 Å². The van der Waals surface area contributed by atoms with Crippen molar-refractivity contribution in [2.24, 2.45) is 0 Å². The zero-order valence-corrected chi connectivity index (χ0v) is 16.1. The van der Waals surface area contributed by atoms with Gasteiger partial charge in [-0.15, -0.1) is 0 Å². The Labute approximate surface area is 168 Å². The molecule has 1 fully saturated rings. The van der Waals surface area contributed by atoms with Crippen molar-refractivity contribution in [3.05, 3.63) is 65.9 Å². The van der Waals surface area contributed by atoms with Crippen LogP contribution in [0.25, 0.3) is 11.0 Å². The second-order valence-corrected chi connectivity index (χ2v) is 6.88. The summed E-state index contributed by atoms with van der Waals surface area (Å²) in [6.07, 6.45) is 3.08. The van der Waals surface area contributed by atoms with E-state index in [1.807, 2.05) is 24.3 Å². The number of benzene rings is 2. The second kappa shape index (κ2) is 8.26. The number of rotatable bonds is 4. The number of aromatic nitrogens is 2. The topological polar surface area (TPSA) is 81.6 Å². The third-order valence-corrected chi connectivity index (χ3v) is 5.00. The van der Waals surface area contributed by atoms with Gasteiger partial charge in [-0.25, -0.2) is 14.8 Å². The fourth-order valence-electron chi connectivity index (χ4n) is 3.39. The van der Waals surface area contributed by atoms with Crippen LogP contribution in [0, 0.1) is 0 Å². The number of methoxy groups -OCH3 is 1. The maximum absolute atomic E-state index is 12.7. The number of carbonyl (C=O) groups excluding carboxylic acids is 2. The number of carbonyl (C=O) groups is 2. The first kappa shape index (κ1) is 18.9. The van der Waals surface area contributed by atoms with Gasteiger partial charge in [-0.05, 0) is 36.4 Å². The predicted octanol–water partition coefficient (Wildman–Crippen LogP) is 3.10. The van der Waals surface area contributed by atoms with Crippen LogP contribution in [0.15, 0.2) is 54.7 Å². The highest BCUT2D eigenvalue weighted by Gasteiger charge is 2.25. The summed E-state index contributed by atoms with van der Waals surface area (Å²) in [5.41, 5.74) is 2.61. The Bertz CT molecular complexity index is 1030. The van der Waals surface area contributed by atoms with E-state index in [4.69, 9.17) is 4.74 Å². The molecule has 0 unspecified atom stereocenters. The molecule has 1 amide bonds. The molecule has 1 aromatic heterocycles. The van der Waals surface area contributed by atoms with Crippen molar-refractivity contribution in [2.45, 2.75) is 18.9 Å². The van der Waals surface area contributed by atoms with E-state index >= 15 is 0 Å². The van der Waals surface area contributed by atoms with E-state index < -0.39 is 5.97 Å². The first-order chi connectivity index (χ1) is 14.1. The normalized spacial score (nSPS) is 14.6. The second-order valence-electron chi connectivity index (χ2n) is 6.88. The molecule has 0 saturated carbocycles. The van der Waals surface area contributed by atoms with Gasteiger partial charge >= 0.3 is 5.97 Å². The SMILES string of the molecule is COC(=O)c1ccc(C(=O)N2CCC(Oc3cnc4ccccc4n3)CC2)cc1. The maximum atomic E-state index is 12.7. The van der Waals surface area contributed by atoms with Crippen LogP contribution in [0.1, 0.15) is 33.6 Å². The van der Waals surface area contributed by atoms with Crippen LogP contribution >= 0.6 is 0 Å². The molecular formula is C22H21N3O4. The summed E-state index contributed by atoms with van der Waals surface area (Å²) in [5.74, 6) is 0.0380. The Morgan fingerprint density at radius 2 is 1.62 bits per heavy atom. The van der Waals surface area contributed by atoms with E-state index in [2.05, 4.69) is 14.7 Å². The van der Waals surface area contributed by atoms with Crippen LogP contribution in [-0.4, -0.2) is 53.0 Å². The van der Waals surface area contributed by atoms with Crippen LogP contribution < -0.4 is 4.74 Å². The Kier molecular flexibility index (Phi) is 5.37. The number of amides is 1. The Morgan fingerprint density at radius 3 is 2.31 bits per heavy atom. The van der Waals surface area contributed by atoms with Gasteiger partial charge in [0.05, 0.1) is 29.9 Å². The molecule has 148 valence electrons. The highest BCUT2D eigenvalue weighted by molar-refractivity contribution is 5.96. The Morgan fingerprint density at radius 1 is 0.966 bits per heavy atom. The summed E-state index contributed by atoms with van der Waals surface area (Å²) in [5, 5.41) is 0. The van der Waals surface area contributed by atoms with E-state index in [0.717, 1.165) is 23.9 Å². The lowest BCUT2D eigenvalue weighted by Crippen LogP contribution is -2.41. The lowest BCUT2D eigenvalue weighted by molar-refractivity contribution is 0.0579. The largest absolute Gasteiger partial charge is 0.473 e. The van der Waals surface area contributed by atoms with Crippen LogP contribution in [0.3, 0.4) is 0 Å². The zero-order valence-electron chi connectivity index (χ0n) is 16.1. The van der Waals surface area contributed by atoms with Gasteiger partial charge in [-0.3, -0.25) is 4.79 Å². The van der Waals surface area contributed by atoms with Crippen molar-refractivity contribution in [2.75, 3.05) is 20.2 Å². The number of nitrogens with zero attached hydrogens (tertiary/aromatic N) is 3. The van der Waals surface area contributed by atoms with Crippen LogP contribution in [0.4, 0.5) is 0 Å². The summed E-state index contributed by atoms with van der Waals surface area (Å²) < 4.78 is 10.7. The molecule has 7 heteroatoms. The van der Waals surface area contributed by atoms with E-state index in [-0.39, 0.29) is 12.0 Å². The molecule has 0 atom stereocenters. The molecule has 0 radical (unpaired) electrons. The fourth-order valence-corrected chi connectivity index (χ4v) is 3.39. The number of piperidine rings is 1. The minimum Gasteiger partial charge on any atom is -0.473 e. The van der Waals surface area contributed by atoms with Gasteiger partial charge in [0.25, 0.3) is 5.91 Å². The quantitative estimate of drug-likeness (QED) is 0.636. The van der Waals surface area contributed by atoms with Gasteiger partial charge in [0.2, 0.25) is 5.88 Å². The number of ether oxygens (including phenoxy) is 2. The third-order valence-electron chi connectivity index (χ3n) is 5.00. The van der Waals surface area contributed by atoms with E-state index in [1.54, 1.807) is 35.4 Å². The van der Waals surface area contributed by atoms with Crippen molar-refractivity contribution >= 4 is 22.9 Å². The molecule has 2 heterocycles. The van der Waals surface area contributed by atoms with Gasteiger partial charge in [0, 0.05) is 31.5 Å². The number of fused-ring (bicyclic) bond motifs is 1. The number of esters is 1. The monoisotopic (exact) mass is 391 g/mol. The average molecular weight is 391 g/mol. The third kappa shape index (κ3) is 4.18. The van der Waals surface area contributed by atoms with Crippen molar-refractivity contribution in [1.29, 1.82) is 0 Å². The van der Waals surface area contributed by atoms with Crippen molar-refractivity contribution in [3.63, 3.8) is 0 Å². The highest BCUT2D eigenvalue weighted by Crippen LogP contribution is 2.20. The van der Waals surface area contributed by atoms with Crippen LogP contribution in [0.5, 0.6) is 5.88 Å². The Hall–Kier alpha value is -3.48. The molecule has 0 aliphatic carbocycles. The maximum Gasteiger partial charge on any atom is 0.337 e. The van der Waals surface area contributed by atoms with Gasteiger partial charge in [0.15, 0.2) is 0 Å². The smallest absolute Gasteiger partial charge is 0.337 e. The fraction of sp³-hybridized carbons (Fsp3) is 0.273. The molecule has 4 rings (SSSR count). The van der Waals surface area contributed by atoms with Gasteiger partial charge in [-0.1, -0.05) is 12.1 Å². The van der Waals surface area contributed by atoms with Gasteiger partial charge < -0.3 is 14.4 Å². The summed E-state index contributed by atoms with van der Waals surface area (Å²) in [6, 6.07) is 14.2. The molecule has 7 nitrogen and oxygen atoms in total. The molecule has 0 spiro atoms. The molecule has 2 aromatic carbocycles. The van der Waals surface area contributed by atoms with Crippen molar-refractivity contribution < 1.29 is 19.1 Å². The molecule has 3 aromatic rings. The standard InChI is InChI=1S/C22H21N3O4/c1-28-22(27)16-8-6-15(7-9-16)21(26)25-12-10-17(11-13-25)29-20-14-23-18-4-2-3-5-19(18)24-20/h2-9,14,17H,10-13H2,1H3.